The van der Waals surface area contributed by atoms with E-state index in [0.29, 0.717) is 0 Å². The fraction of sp³-hybridized carbons (Fsp3) is 0.824. The topological polar surface area (TPSA) is 76.4 Å². The normalized spacial score (nSPS) is 15.3. The van der Waals surface area contributed by atoms with Crippen LogP contribution in [0.1, 0.15) is 48.5 Å². The molecule has 0 N–H and O–H groups in total. The highest BCUT2D eigenvalue weighted by molar-refractivity contribution is 5.88. The fourth-order valence-corrected chi connectivity index (χ4v) is 2.54. The summed E-state index contributed by atoms with van der Waals surface area (Å²) < 4.78 is 10.4. The molecule has 5 nitrogen and oxygen atoms in total. The van der Waals surface area contributed by atoms with Crippen LogP contribution in [-0.4, -0.2) is 25.2 Å². The highest BCUT2D eigenvalue weighted by Gasteiger charge is 2.55. The summed E-state index contributed by atoms with van der Waals surface area (Å²) >= 11 is 0. The number of hydrogen-bond donors (Lipinski definition) is 0. The minimum absolute atomic E-state index is 0.160. The number of carbonyl (C=O) groups excluding carboxylic acids is 2. The molecule has 0 fully saturated rings. The third-order valence-electron chi connectivity index (χ3n) is 3.68. The van der Waals surface area contributed by atoms with Gasteiger partial charge in [-0.15, -0.1) is 0 Å². The van der Waals surface area contributed by atoms with E-state index < -0.39 is 23.3 Å². The Balaban J connectivity index is 5.78. The summed E-state index contributed by atoms with van der Waals surface area (Å²) in [5, 5.41) is 9.76. The minimum Gasteiger partial charge on any atom is -0.466 e. The Morgan fingerprint density at radius 2 is 1.64 bits per heavy atom. The zero-order chi connectivity index (χ0) is 17.5. The van der Waals surface area contributed by atoms with E-state index in [9.17, 15) is 14.9 Å². The average Bonchev–Trinajstić information content (AvgIpc) is 2.41. The summed E-state index contributed by atoms with van der Waals surface area (Å²) in [7, 11) is 0. The van der Waals surface area contributed by atoms with Crippen molar-refractivity contribution in [1.82, 2.24) is 0 Å². The number of esters is 2. The van der Waals surface area contributed by atoms with E-state index in [4.69, 9.17) is 9.47 Å². The number of ether oxygens (including phenoxy) is 2. The van der Waals surface area contributed by atoms with Gasteiger partial charge in [-0.2, -0.15) is 5.26 Å². The van der Waals surface area contributed by atoms with E-state index >= 15 is 0 Å². The van der Waals surface area contributed by atoms with Crippen LogP contribution in [0.25, 0.3) is 0 Å². The van der Waals surface area contributed by atoms with Crippen LogP contribution < -0.4 is 0 Å². The Morgan fingerprint density at radius 3 is 1.95 bits per heavy atom. The van der Waals surface area contributed by atoms with E-state index in [-0.39, 0.29) is 31.0 Å². The largest absolute Gasteiger partial charge is 0.466 e. The van der Waals surface area contributed by atoms with Gasteiger partial charge in [0, 0.05) is 0 Å². The molecule has 0 saturated heterocycles. The first-order valence-electron chi connectivity index (χ1n) is 7.90. The standard InChI is InChI=1S/C17H29NO4/c1-8-21-15(19)14(12(4)5)17(10-18,13(6)7)16(20)22-9-11(2)3/h11-14H,8-9H2,1-7H3. The van der Waals surface area contributed by atoms with E-state index in [1.54, 1.807) is 20.8 Å². The number of hydrogen-bond acceptors (Lipinski definition) is 5. The Bertz CT molecular complexity index is 423. The lowest BCUT2D eigenvalue weighted by Crippen LogP contribution is -2.49. The van der Waals surface area contributed by atoms with Gasteiger partial charge in [0.25, 0.3) is 0 Å². The Morgan fingerprint density at radius 1 is 1.09 bits per heavy atom. The second-order valence-electron chi connectivity index (χ2n) is 6.60. The summed E-state index contributed by atoms with van der Waals surface area (Å²) in [5.74, 6) is -2.42. The molecule has 0 aliphatic rings. The summed E-state index contributed by atoms with van der Waals surface area (Å²) in [6, 6.07) is 2.08. The lowest BCUT2D eigenvalue weighted by atomic mass is 9.64. The van der Waals surface area contributed by atoms with Crippen molar-refractivity contribution in [2.75, 3.05) is 13.2 Å². The molecule has 2 atom stereocenters. The van der Waals surface area contributed by atoms with Crippen molar-refractivity contribution in [2.45, 2.75) is 48.5 Å². The molecule has 0 spiro atoms. The van der Waals surface area contributed by atoms with Gasteiger partial charge in [-0.05, 0) is 24.7 Å². The number of nitrogens with zero attached hydrogens (tertiary/aromatic N) is 1. The second-order valence-corrected chi connectivity index (χ2v) is 6.60. The first kappa shape index (κ1) is 20.4. The molecule has 0 saturated carbocycles. The summed E-state index contributed by atoms with van der Waals surface area (Å²) in [5.41, 5.74) is -1.53. The molecule has 0 aromatic heterocycles. The molecule has 126 valence electrons. The molecule has 0 aliphatic carbocycles. The van der Waals surface area contributed by atoms with Crippen molar-refractivity contribution in [3.05, 3.63) is 0 Å². The van der Waals surface area contributed by atoms with Gasteiger partial charge >= 0.3 is 11.9 Å². The molecule has 5 heteroatoms. The van der Waals surface area contributed by atoms with Crippen LogP contribution in [0.2, 0.25) is 0 Å². The highest BCUT2D eigenvalue weighted by Crippen LogP contribution is 2.42. The Hall–Kier alpha value is -1.57. The minimum atomic E-state index is -1.53. The van der Waals surface area contributed by atoms with Crippen molar-refractivity contribution in [1.29, 1.82) is 5.26 Å². The van der Waals surface area contributed by atoms with Crippen molar-refractivity contribution in [2.24, 2.45) is 29.1 Å². The fourth-order valence-electron chi connectivity index (χ4n) is 2.54. The lowest BCUT2D eigenvalue weighted by Gasteiger charge is -2.36. The maximum Gasteiger partial charge on any atom is 0.327 e. The first-order chi connectivity index (χ1) is 10.1. The monoisotopic (exact) mass is 311 g/mol. The van der Waals surface area contributed by atoms with E-state index in [1.165, 1.54) is 0 Å². The summed E-state index contributed by atoms with van der Waals surface area (Å²) in [6.07, 6.45) is 0. The Labute approximate surface area is 134 Å². The molecule has 0 radical (unpaired) electrons. The van der Waals surface area contributed by atoms with Crippen molar-refractivity contribution in [3.63, 3.8) is 0 Å². The molecule has 0 aliphatic heterocycles. The maximum absolute atomic E-state index is 12.6. The average molecular weight is 311 g/mol. The van der Waals surface area contributed by atoms with Crippen LogP contribution in [0.4, 0.5) is 0 Å². The Kier molecular flexibility index (Phi) is 8.15. The SMILES string of the molecule is CCOC(=O)C(C(C)C)C(C#N)(C(=O)OCC(C)C)C(C)C. The van der Waals surface area contributed by atoms with E-state index in [1.807, 2.05) is 27.7 Å². The lowest BCUT2D eigenvalue weighted by molar-refractivity contribution is -0.171. The van der Waals surface area contributed by atoms with Crippen LogP contribution in [0.3, 0.4) is 0 Å². The van der Waals surface area contributed by atoms with Gasteiger partial charge < -0.3 is 9.47 Å². The van der Waals surface area contributed by atoms with Gasteiger partial charge in [0.1, 0.15) is 0 Å². The van der Waals surface area contributed by atoms with Crippen molar-refractivity contribution < 1.29 is 19.1 Å². The van der Waals surface area contributed by atoms with Gasteiger partial charge in [0.15, 0.2) is 5.41 Å². The van der Waals surface area contributed by atoms with Gasteiger partial charge in [0.05, 0.1) is 25.2 Å². The van der Waals surface area contributed by atoms with Gasteiger partial charge in [-0.3, -0.25) is 9.59 Å². The first-order valence-corrected chi connectivity index (χ1v) is 7.90. The molecular formula is C17H29NO4. The van der Waals surface area contributed by atoms with Crippen molar-refractivity contribution in [3.8, 4) is 6.07 Å². The smallest absolute Gasteiger partial charge is 0.327 e. The van der Waals surface area contributed by atoms with Crippen LogP contribution in [0.5, 0.6) is 0 Å². The molecule has 0 aromatic rings. The van der Waals surface area contributed by atoms with Crippen LogP contribution in [0, 0.1) is 40.4 Å². The van der Waals surface area contributed by atoms with Gasteiger partial charge in [-0.25, -0.2) is 0 Å². The number of nitriles is 1. The zero-order valence-corrected chi connectivity index (χ0v) is 14.8. The second kappa shape index (κ2) is 8.77. The molecule has 0 rings (SSSR count). The predicted octanol–water partition coefficient (Wildman–Crippen LogP) is 3.19. The third kappa shape index (κ3) is 4.46. The maximum atomic E-state index is 12.6. The molecular weight excluding hydrogens is 282 g/mol. The van der Waals surface area contributed by atoms with Crippen molar-refractivity contribution >= 4 is 11.9 Å². The van der Waals surface area contributed by atoms with Crippen LogP contribution >= 0.6 is 0 Å². The van der Waals surface area contributed by atoms with Crippen LogP contribution in [0.15, 0.2) is 0 Å². The summed E-state index contributed by atoms with van der Waals surface area (Å²) in [4.78, 5) is 25.0. The predicted molar refractivity (Wildman–Crippen MR) is 83.6 cm³/mol. The molecule has 0 bridgehead atoms. The quantitative estimate of drug-likeness (QED) is 0.643. The van der Waals surface area contributed by atoms with Gasteiger partial charge in [0.2, 0.25) is 0 Å². The van der Waals surface area contributed by atoms with Gasteiger partial charge in [-0.1, -0.05) is 41.5 Å². The molecule has 0 amide bonds. The van der Waals surface area contributed by atoms with E-state index in [0.717, 1.165) is 0 Å². The third-order valence-corrected chi connectivity index (χ3v) is 3.68. The van der Waals surface area contributed by atoms with E-state index in [2.05, 4.69) is 6.07 Å². The molecule has 0 heterocycles. The molecule has 2 unspecified atom stereocenters. The van der Waals surface area contributed by atoms with Crippen LogP contribution in [-0.2, 0) is 19.1 Å². The molecule has 22 heavy (non-hydrogen) atoms. The number of rotatable bonds is 8. The summed E-state index contributed by atoms with van der Waals surface area (Å²) in [6.45, 7) is 13.1. The number of carbonyl (C=O) groups is 2. The zero-order valence-electron chi connectivity index (χ0n) is 14.8. The highest BCUT2D eigenvalue weighted by atomic mass is 16.5. The molecule has 0 aromatic carbocycles.